The van der Waals surface area contributed by atoms with Crippen molar-refractivity contribution in [1.82, 2.24) is 0 Å². The van der Waals surface area contributed by atoms with Gasteiger partial charge in [0.2, 0.25) is 0 Å². The van der Waals surface area contributed by atoms with Crippen molar-refractivity contribution in [1.29, 1.82) is 0 Å². The Balaban J connectivity index is 4.62. The second-order valence-corrected chi connectivity index (χ2v) is 8.51. The smallest absolute Gasteiger partial charge is 0.359 e. The van der Waals surface area contributed by atoms with Gasteiger partial charge in [-0.2, -0.15) is 0 Å². The molecule has 0 aliphatic heterocycles. The van der Waals surface area contributed by atoms with Crippen LogP contribution in [0, 0.1) is 0 Å². The van der Waals surface area contributed by atoms with Crippen LogP contribution >= 0.6 is 7.60 Å². The first-order chi connectivity index (χ1) is 9.92. The third-order valence-corrected chi connectivity index (χ3v) is 5.87. The van der Waals surface area contributed by atoms with E-state index in [4.69, 9.17) is 19.1 Å². The Bertz CT molecular complexity index is 370. The lowest BCUT2D eigenvalue weighted by atomic mass is 9.94. The molecule has 0 aromatic rings. The molecule has 0 radical (unpaired) electrons. The zero-order valence-corrected chi connectivity index (χ0v) is 15.3. The van der Waals surface area contributed by atoms with Gasteiger partial charge in [-0.15, -0.1) is 0 Å². The fraction of sp³-hybridized carbons (Fsp3) is 1.00. The highest BCUT2D eigenvalue weighted by atomic mass is 31.2. The van der Waals surface area contributed by atoms with E-state index in [1.807, 2.05) is 6.92 Å². The van der Waals surface area contributed by atoms with E-state index in [1.54, 1.807) is 14.8 Å². The van der Waals surface area contributed by atoms with Gasteiger partial charge < -0.3 is 29.1 Å². The summed E-state index contributed by atoms with van der Waals surface area (Å²) in [5, 5.41) is 17.0. The van der Waals surface area contributed by atoms with Gasteiger partial charge in [-0.3, -0.25) is 4.57 Å². The van der Waals surface area contributed by atoms with Crippen LogP contribution in [0.1, 0.15) is 40.5 Å². The second-order valence-electron chi connectivity index (χ2n) is 6.19. The van der Waals surface area contributed by atoms with Gasteiger partial charge in [-0.25, -0.2) is 0 Å². The van der Waals surface area contributed by atoms with Crippen LogP contribution in [0.3, 0.4) is 0 Å². The highest BCUT2D eigenvalue weighted by molar-refractivity contribution is 7.54. The van der Waals surface area contributed by atoms with Gasteiger partial charge in [0.25, 0.3) is 0 Å². The molecule has 0 amide bonds. The topological polar surface area (TPSA) is 105 Å². The van der Waals surface area contributed by atoms with Crippen molar-refractivity contribution in [3.05, 3.63) is 0 Å². The van der Waals surface area contributed by atoms with Crippen molar-refractivity contribution in [2.75, 3.05) is 20.3 Å². The first-order valence-corrected chi connectivity index (χ1v) is 9.01. The molecule has 0 aliphatic rings. The summed E-state index contributed by atoms with van der Waals surface area (Å²) in [5.41, 5.74) is -0.897. The summed E-state index contributed by atoms with van der Waals surface area (Å²) in [7, 11) is -0.902. The number of hydrogen-bond acceptors (Lipinski definition) is 6. The third-order valence-electron chi connectivity index (χ3n) is 3.80. The van der Waals surface area contributed by atoms with Gasteiger partial charge in [0.1, 0.15) is 7.85 Å². The molecular formula is C13H30BO7P. The number of rotatable bonds is 11. The Hall–Kier alpha value is 0.0549. The molecule has 132 valence electrons. The number of methoxy groups -OCH3 is 1. The normalized spacial score (nSPS) is 20.9. The molecular weight excluding hydrogens is 310 g/mol. The maximum atomic E-state index is 12.1. The van der Waals surface area contributed by atoms with E-state index in [9.17, 15) is 14.6 Å². The lowest BCUT2D eigenvalue weighted by Gasteiger charge is -2.35. The summed E-state index contributed by atoms with van der Waals surface area (Å²) < 4.78 is 28.1. The molecule has 0 rings (SSSR count). The van der Waals surface area contributed by atoms with Crippen LogP contribution in [0.15, 0.2) is 0 Å². The lowest BCUT2D eigenvalue weighted by molar-refractivity contribution is -0.0554. The summed E-state index contributed by atoms with van der Waals surface area (Å²) in [5.74, 6) is 0. The first kappa shape index (κ1) is 22.1. The van der Waals surface area contributed by atoms with E-state index in [0.717, 1.165) is 0 Å². The Morgan fingerprint density at radius 1 is 1.32 bits per heavy atom. The molecule has 0 aliphatic carbocycles. The Kier molecular flexibility index (Phi) is 8.80. The summed E-state index contributed by atoms with van der Waals surface area (Å²) in [6.07, 6.45) is 0.434. The van der Waals surface area contributed by atoms with Crippen molar-refractivity contribution < 1.29 is 33.7 Å². The molecule has 7 nitrogen and oxygen atoms in total. The molecule has 0 bridgehead atoms. The molecule has 0 saturated carbocycles. The van der Waals surface area contributed by atoms with E-state index in [0.29, 0.717) is 12.8 Å². The van der Waals surface area contributed by atoms with Crippen LogP contribution in [0.25, 0.3) is 0 Å². The lowest BCUT2D eigenvalue weighted by Crippen LogP contribution is -2.37. The largest absolute Gasteiger partial charge is 0.394 e. The van der Waals surface area contributed by atoms with Gasteiger partial charge in [0.15, 0.2) is 5.34 Å². The molecule has 0 fully saturated rings. The molecule has 4 atom stereocenters. The number of ether oxygens (including phenoxy) is 2. The maximum Gasteiger partial charge on any atom is 0.359 e. The maximum absolute atomic E-state index is 12.1. The van der Waals surface area contributed by atoms with E-state index < -0.39 is 24.6 Å². The quantitative estimate of drug-likeness (QED) is 0.371. The highest BCUT2D eigenvalue weighted by Gasteiger charge is 2.44. The second kappa shape index (κ2) is 8.78. The minimum Gasteiger partial charge on any atom is -0.394 e. The summed E-state index contributed by atoms with van der Waals surface area (Å²) in [4.78, 5) is 9.88. The van der Waals surface area contributed by atoms with Crippen LogP contribution < -0.4 is 0 Å². The Morgan fingerprint density at radius 2 is 1.86 bits per heavy atom. The van der Waals surface area contributed by atoms with Crippen molar-refractivity contribution in [2.45, 2.75) is 63.6 Å². The van der Waals surface area contributed by atoms with Gasteiger partial charge >= 0.3 is 7.60 Å². The van der Waals surface area contributed by atoms with Crippen LogP contribution in [0.4, 0.5) is 0 Å². The molecule has 0 aromatic carbocycles. The monoisotopic (exact) mass is 340 g/mol. The fourth-order valence-corrected chi connectivity index (χ4v) is 2.72. The summed E-state index contributed by atoms with van der Waals surface area (Å²) >= 11 is 0. The summed E-state index contributed by atoms with van der Waals surface area (Å²) in [6, 6.07) is -0.314. The van der Waals surface area contributed by atoms with E-state index in [2.05, 4.69) is 0 Å². The zero-order valence-electron chi connectivity index (χ0n) is 14.4. The van der Waals surface area contributed by atoms with Gasteiger partial charge in [-0.1, -0.05) is 6.92 Å². The Morgan fingerprint density at radius 3 is 2.23 bits per heavy atom. The van der Waals surface area contributed by atoms with Crippen molar-refractivity contribution in [3.63, 3.8) is 0 Å². The van der Waals surface area contributed by atoms with E-state index >= 15 is 0 Å². The van der Waals surface area contributed by atoms with Crippen molar-refractivity contribution >= 4 is 15.4 Å². The van der Waals surface area contributed by atoms with Crippen LogP contribution in [-0.4, -0.2) is 66.3 Å². The predicted molar refractivity (Wildman–Crippen MR) is 86.7 cm³/mol. The molecule has 0 heterocycles. The molecule has 3 N–H and O–H groups in total. The molecule has 2 unspecified atom stereocenters. The Labute approximate surface area is 133 Å². The summed E-state index contributed by atoms with van der Waals surface area (Å²) in [6.45, 7) is 6.15. The molecule has 0 aromatic heterocycles. The number of hydrogen-bond donors (Lipinski definition) is 3. The van der Waals surface area contributed by atoms with Gasteiger partial charge in [0.05, 0.1) is 24.3 Å². The zero-order chi connectivity index (χ0) is 17.6. The molecule has 22 heavy (non-hydrogen) atoms. The van der Waals surface area contributed by atoms with Crippen LogP contribution in [0.5, 0.6) is 0 Å². The van der Waals surface area contributed by atoms with Gasteiger partial charge in [-0.05, 0) is 33.6 Å². The SMILES string of the molecule is B[C@H](OCCC(C)(CC)OP(=O)(O)C(C)(C)O)[C@@H](CO)OC. The van der Waals surface area contributed by atoms with E-state index in [1.165, 1.54) is 21.0 Å². The molecule has 0 spiro atoms. The average Bonchev–Trinajstić information content (AvgIpc) is 2.38. The minimum atomic E-state index is -4.17. The van der Waals surface area contributed by atoms with Crippen molar-refractivity contribution in [2.24, 2.45) is 0 Å². The first-order valence-electron chi connectivity index (χ1n) is 7.43. The molecule has 9 heteroatoms. The average molecular weight is 340 g/mol. The number of aliphatic hydroxyl groups excluding tert-OH is 1. The highest BCUT2D eigenvalue weighted by Crippen LogP contribution is 2.57. The molecule has 0 saturated heterocycles. The number of aliphatic hydroxyl groups is 2. The standard InChI is InChI=1S/C13H30BO7P/c1-6-13(4,21-22(17,18)12(2,3)16)7-8-20-11(14)10(9-15)19-5/h10-11,15-16H,6-9,14H2,1-5H3,(H,17,18)/t10-,11-,13?/m1/s1. The third kappa shape index (κ3) is 6.66. The minimum absolute atomic E-state index is 0.149. The predicted octanol–water partition coefficient (Wildman–Crippen LogP) is 0.459. The van der Waals surface area contributed by atoms with Gasteiger partial charge in [0, 0.05) is 13.7 Å². The van der Waals surface area contributed by atoms with Crippen molar-refractivity contribution in [3.8, 4) is 0 Å². The van der Waals surface area contributed by atoms with Crippen LogP contribution in [0.2, 0.25) is 0 Å². The van der Waals surface area contributed by atoms with E-state index in [-0.39, 0.29) is 19.2 Å². The fourth-order valence-electron chi connectivity index (χ4n) is 1.68. The van der Waals surface area contributed by atoms with Crippen LogP contribution in [-0.2, 0) is 18.6 Å².